The summed E-state index contributed by atoms with van der Waals surface area (Å²) in [4.78, 5) is 4.69. The summed E-state index contributed by atoms with van der Waals surface area (Å²) < 4.78 is 33.3. The van der Waals surface area contributed by atoms with Gasteiger partial charge in [-0.3, -0.25) is 0 Å². The summed E-state index contributed by atoms with van der Waals surface area (Å²) in [6.07, 6.45) is 0. The normalized spacial score (nSPS) is 11.7. The predicted molar refractivity (Wildman–Crippen MR) is 126 cm³/mol. The molecule has 0 aliphatic carbocycles. The summed E-state index contributed by atoms with van der Waals surface area (Å²) in [6.45, 7) is 0.463. The van der Waals surface area contributed by atoms with Crippen molar-refractivity contribution < 1.29 is 13.2 Å². The van der Waals surface area contributed by atoms with Gasteiger partial charge in [0.2, 0.25) is 14.9 Å². The Kier molecular flexibility index (Phi) is 5.35. The fraction of sp³-hybridized carbons (Fsp3) is 0.0870. The predicted octanol–water partition coefficient (Wildman–Crippen LogP) is 4.38. The van der Waals surface area contributed by atoms with Gasteiger partial charge in [0.05, 0.1) is 17.5 Å². The minimum Gasteiger partial charge on any atom is -0.497 e. The highest BCUT2D eigenvalue weighted by molar-refractivity contribution is 7.91. The molecule has 0 unspecified atom stereocenters. The van der Waals surface area contributed by atoms with Crippen LogP contribution in [0.3, 0.4) is 0 Å². The molecule has 33 heavy (non-hydrogen) atoms. The first-order valence-corrected chi connectivity index (χ1v) is 11.8. The SMILES string of the molecule is COc1cccc(CNc2nc3c(S(=O)(=O)c4ccc(Cl)cc4)nnn3c3ccccc23)c1. The molecule has 0 aliphatic heterocycles. The van der Waals surface area contributed by atoms with E-state index < -0.39 is 9.84 Å². The van der Waals surface area contributed by atoms with Crippen molar-refractivity contribution in [2.75, 3.05) is 12.4 Å². The van der Waals surface area contributed by atoms with E-state index >= 15 is 0 Å². The number of aromatic nitrogens is 4. The van der Waals surface area contributed by atoms with E-state index in [-0.39, 0.29) is 15.6 Å². The van der Waals surface area contributed by atoms with E-state index in [2.05, 4.69) is 20.6 Å². The van der Waals surface area contributed by atoms with Crippen molar-refractivity contribution in [2.24, 2.45) is 0 Å². The van der Waals surface area contributed by atoms with Gasteiger partial charge in [0.25, 0.3) is 0 Å². The third-order valence-corrected chi connectivity index (χ3v) is 7.11. The Balaban J connectivity index is 1.62. The van der Waals surface area contributed by atoms with Gasteiger partial charge in [0, 0.05) is 17.0 Å². The fourth-order valence-corrected chi connectivity index (χ4v) is 4.91. The maximum Gasteiger partial charge on any atom is 0.229 e. The molecule has 0 fully saturated rings. The van der Waals surface area contributed by atoms with Crippen LogP contribution in [-0.2, 0) is 16.4 Å². The van der Waals surface area contributed by atoms with Crippen molar-refractivity contribution in [3.63, 3.8) is 0 Å². The molecule has 0 atom stereocenters. The zero-order valence-corrected chi connectivity index (χ0v) is 19.0. The molecule has 0 bridgehead atoms. The average molecular weight is 480 g/mol. The van der Waals surface area contributed by atoms with Crippen molar-refractivity contribution in [3.05, 3.63) is 83.4 Å². The van der Waals surface area contributed by atoms with Gasteiger partial charge in [-0.15, -0.1) is 5.10 Å². The number of nitrogens with zero attached hydrogens (tertiary/aromatic N) is 4. The smallest absolute Gasteiger partial charge is 0.229 e. The molecule has 10 heteroatoms. The van der Waals surface area contributed by atoms with Gasteiger partial charge in [-0.1, -0.05) is 41.1 Å². The highest BCUT2D eigenvalue weighted by Crippen LogP contribution is 2.28. The van der Waals surface area contributed by atoms with Crippen LogP contribution in [-0.4, -0.2) is 35.3 Å². The summed E-state index contributed by atoms with van der Waals surface area (Å²) >= 11 is 5.92. The number of methoxy groups -OCH3 is 1. The van der Waals surface area contributed by atoms with E-state index in [1.165, 1.54) is 28.8 Å². The second kappa shape index (κ2) is 8.34. The van der Waals surface area contributed by atoms with Crippen LogP contribution < -0.4 is 10.1 Å². The summed E-state index contributed by atoms with van der Waals surface area (Å²) in [5.74, 6) is 1.27. The monoisotopic (exact) mass is 479 g/mol. The van der Waals surface area contributed by atoms with E-state index in [0.717, 1.165) is 16.7 Å². The molecule has 8 nitrogen and oxygen atoms in total. The van der Waals surface area contributed by atoms with E-state index in [0.29, 0.717) is 22.9 Å². The zero-order valence-electron chi connectivity index (χ0n) is 17.4. The van der Waals surface area contributed by atoms with Crippen LogP contribution in [0.2, 0.25) is 5.02 Å². The number of ether oxygens (including phenoxy) is 1. The van der Waals surface area contributed by atoms with Crippen LogP contribution in [0.5, 0.6) is 5.75 Å². The Hall–Kier alpha value is -3.69. The second-order valence-corrected chi connectivity index (χ2v) is 9.57. The van der Waals surface area contributed by atoms with Gasteiger partial charge in [-0.05, 0) is 54.1 Å². The molecule has 0 spiro atoms. The molecule has 0 saturated heterocycles. The molecule has 5 rings (SSSR count). The van der Waals surface area contributed by atoms with Crippen LogP contribution in [0.25, 0.3) is 16.6 Å². The highest BCUT2D eigenvalue weighted by Gasteiger charge is 2.27. The van der Waals surface area contributed by atoms with Gasteiger partial charge >= 0.3 is 0 Å². The summed E-state index contributed by atoms with van der Waals surface area (Å²) in [6, 6.07) is 21.0. The van der Waals surface area contributed by atoms with E-state index in [1.807, 2.05) is 48.5 Å². The van der Waals surface area contributed by atoms with Crippen molar-refractivity contribution in [3.8, 4) is 5.75 Å². The molecular formula is C23H18ClN5O3S. The first kappa shape index (κ1) is 21.2. The number of nitrogens with one attached hydrogen (secondary N) is 1. The average Bonchev–Trinajstić information content (AvgIpc) is 3.28. The van der Waals surface area contributed by atoms with Gasteiger partial charge < -0.3 is 10.1 Å². The second-order valence-electron chi connectivity index (χ2n) is 7.27. The Morgan fingerprint density at radius 1 is 1.03 bits per heavy atom. The van der Waals surface area contributed by atoms with Crippen molar-refractivity contribution in [2.45, 2.75) is 16.5 Å². The van der Waals surface area contributed by atoms with Crippen molar-refractivity contribution in [1.29, 1.82) is 0 Å². The highest BCUT2D eigenvalue weighted by atomic mass is 35.5. The molecule has 166 valence electrons. The Morgan fingerprint density at radius 2 is 1.82 bits per heavy atom. The van der Waals surface area contributed by atoms with Gasteiger partial charge in [0.15, 0.2) is 5.65 Å². The van der Waals surface area contributed by atoms with Gasteiger partial charge in [-0.25, -0.2) is 13.4 Å². The number of sulfone groups is 1. The Labute approximate surface area is 194 Å². The summed E-state index contributed by atoms with van der Waals surface area (Å²) in [5, 5.41) is 12.4. The third-order valence-electron chi connectivity index (χ3n) is 5.19. The molecule has 2 heterocycles. The molecule has 3 aromatic carbocycles. The standard InChI is InChI=1S/C23H18ClN5O3S/c1-32-17-6-4-5-15(13-17)14-25-21-19-7-2-3-8-20(19)29-22(26-21)23(27-28-29)33(30,31)18-11-9-16(24)10-12-18/h2-13H,14H2,1H3,(H,25,26). The molecule has 0 aliphatic rings. The minimum atomic E-state index is -3.96. The number of hydrogen-bond acceptors (Lipinski definition) is 7. The lowest BCUT2D eigenvalue weighted by molar-refractivity contribution is 0.414. The lowest BCUT2D eigenvalue weighted by atomic mass is 10.2. The van der Waals surface area contributed by atoms with Crippen LogP contribution in [0.1, 0.15) is 5.56 Å². The number of para-hydroxylation sites is 1. The maximum atomic E-state index is 13.3. The maximum absolute atomic E-state index is 13.3. The number of anilines is 1. The lowest BCUT2D eigenvalue weighted by Crippen LogP contribution is -2.07. The number of hydrogen-bond donors (Lipinski definition) is 1. The number of rotatable bonds is 6. The van der Waals surface area contributed by atoms with E-state index in [1.54, 1.807) is 7.11 Å². The molecule has 0 amide bonds. The number of halogens is 1. The van der Waals surface area contributed by atoms with Crippen LogP contribution >= 0.6 is 11.6 Å². The Bertz CT molecular complexity index is 1580. The number of benzene rings is 3. The summed E-state index contributed by atoms with van der Waals surface area (Å²) in [5.41, 5.74) is 1.80. The topological polar surface area (TPSA) is 98.5 Å². The van der Waals surface area contributed by atoms with Crippen LogP contribution in [0, 0.1) is 0 Å². The zero-order chi connectivity index (χ0) is 23.0. The first-order valence-electron chi connectivity index (χ1n) is 9.99. The molecular weight excluding hydrogens is 462 g/mol. The molecule has 5 aromatic rings. The van der Waals surface area contributed by atoms with Crippen LogP contribution in [0.4, 0.5) is 5.82 Å². The van der Waals surface area contributed by atoms with Gasteiger partial charge in [0.1, 0.15) is 11.6 Å². The van der Waals surface area contributed by atoms with E-state index in [4.69, 9.17) is 16.3 Å². The lowest BCUT2D eigenvalue weighted by Gasteiger charge is -2.11. The molecule has 0 radical (unpaired) electrons. The largest absolute Gasteiger partial charge is 0.497 e. The van der Waals surface area contributed by atoms with Crippen LogP contribution in [0.15, 0.2) is 82.7 Å². The first-order chi connectivity index (χ1) is 16.0. The minimum absolute atomic E-state index is 0.0650. The third kappa shape index (κ3) is 3.85. The fourth-order valence-electron chi connectivity index (χ4n) is 3.55. The molecule has 1 N–H and O–H groups in total. The summed E-state index contributed by atoms with van der Waals surface area (Å²) in [7, 11) is -2.34. The molecule has 0 saturated carbocycles. The number of fused-ring (bicyclic) bond motifs is 3. The molecule has 2 aromatic heterocycles. The Morgan fingerprint density at radius 3 is 2.61 bits per heavy atom. The van der Waals surface area contributed by atoms with Crippen molar-refractivity contribution in [1.82, 2.24) is 19.8 Å². The quantitative estimate of drug-likeness (QED) is 0.385. The van der Waals surface area contributed by atoms with E-state index in [9.17, 15) is 8.42 Å². The van der Waals surface area contributed by atoms with Gasteiger partial charge in [-0.2, -0.15) is 4.52 Å². The van der Waals surface area contributed by atoms with Crippen molar-refractivity contribution >= 4 is 43.8 Å².